The van der Waals surface area contributed by atoms with Gasteiger partial charge in [0, 0.05) is 30.1 Å². The van der Waals surface area contributed by atoms with E-state index in [0.29, 0.717) is 18.3 Å². The average molecular weight is 395 g/mol. The molecule has 0 aromatic carbocycles. The third-order valence-electron chi connectivity index (χ3n) is 5.38. The molecule has 0 unspecified atom stereocenters. The molecule has 7 nitrogen and oxygen atoms in total. The zero-order chi connectivity index (χ0) is 20.2. The van der Waals surface area contributed by atoms with Crippen LogP contribution in [0.25, 0.3) is 11.6 Å². The Labute approximate surface area is 169 Å². The minimum absolute atomic E-state index is 0.0378. The highest BCUT2D eigenvalue weighted by Crippen LogP contribution is 2.38. The fourth-order valence-corrected chi connectivity index (χ4v) is 3.86. The van der Waals surface area contributed by atoms with Crippen LogP contribution in [0.2, 0.25) is 0 Å². The Hall–Kier alpha value is -3.09. The summed E-state index contributed by atoms with van der Waals surface area (Å²) < 4.78 is 11.0. The molecule has 2 N–H and O–H groups in total. The number of nitrogens with zero attached hydrogens (tertiary/aromatic N) is 2. The first-order valence-corrected chi connectivity index (χ1v) is 10.1. The van der Waals surface area contributed by atoms with Crippen molar-refractivity contribution in [3.8, 4) is 5.75 Å². The SMILES string of the molecule is CCOC(=O)c1c(NCC2CCCCC2)oc(C=C2C=Nc3ncccc32)c1O. The Kier molecular flexibility index (Phi) is 5.64. The largest absolute Gasteiger partial charge is 0.504 e. The molecule has 3 heterocycles. The van der Waals surface area contributed by atoms with E-state index < -0.39 is 5.97 Å². The molecule has 4 rings (SSSR count). The lowest BCUT2D eigenvalue weighted by molar-refractivity contribution is 0.0524. The Morgan fingerprint density at radius 1 is 1.38 bits per heavy atom. The lowest BCUT2D eigenvalue weighted by Gasteiger charge is -2.21. The van der Waals surface area contributed by atoms with Crippen molar-refractivity contribution < 1.29 is 19.1 Å². The summed E-state index contributed by atoms with van der Waals surface area (Å²) in [5.74, 6) is 0.760. The maximum atomic E-state index is 12.4. The monoisotopic (exact) mass is 395 g/mol. The third kappa shape index (κ3) is 4.04. The van der Waals surface area contributed by atoms with Crippen molar-refractivity contribution in [2.45, 2.75) is 39.0 Å². The van der Waals surface area contributed by atoms with Crippen LogP contribution in [0.4, 0.5) is 11.7 Å². The molecule has 2 aromatic heterocycles. The number of furan rings is 1. The van der Waals surface area contributed by atoms with Crippen molar-refractivity contribution in [1.29, 1.82) is 0 Å². The number of ether oxygens (including phenoxy) is 1. The van der Waals surface area contributed by atoms with Crippen molar-refractivity contribution in [2.24, 2.45) is 10.9 Å². The number of aromatic nitrogens is 1. The third-order valence-corrected chi connectivity index (χ3v) is 5.38. The highest BCUT2D eigenvalue weighted by Gasteiger charge is 2.27. The molecule has 0 saturated heterocycles. The van der Waals surface area contributed by atoms with E-state index in [4.69, 9.17) is 9.15 Å². The number of carbonyl (C=O) groups is 1. The average Bonchev–Trinajstić information content (AvgIpc) is 3.29. The van der Waals surface area contributed by atoms with E-state index in [-0.39, 0.29) is 29.6 Å². The molecular formula is C22H25N3O4. The van der Waals surface area contributed by atoms with Gasteiger partial charge in [0.2, 0.25) is 5.88 Å². The van der Waals surface area contributed by atoms with Gasteiger partial charge in [-0.1, -0.05) is 19.3 Å². The number of hydrogen-bond acceptors (Lipinski definition) is 7. The van der Waals surface area contributed by atoms with Gasteiger partial charge in [0.15, 0.2) is 22.9 Å². The number of carbonyl (C=O) groups excluding carboxylic acids is 1. The molecule has 1 aliphatic heterocycles. The molecule has 2 aliphatic rings. The van der Waals surface area contributed by atoms with Gasteiger partial charge in [-0.05, 0) is 43.9 Å². The van der Waals surface area contributed by atoms with Crippen LogP contribution in [-0.4, -0.2) is 35.4 Å². The van der Waals surface area contributed by atoms with Gasteiger partial charge in [0.05, 0.1) is 6.61 Å². The number of allylic oxidation sites excluding steroid dienone is 1. The maximum absolute atomic E-state index is 12.4. The molecule has 0 radical (unpaired) electrons. The van der Waals surface area contributed by atoms with Crippen molar-refractivity contribution in [3.63, 3.8) is 0 Å². The standard InChI is InChI=1S/C22H25N3O4/c1-2-28-22(27)18-19(26)17(11-15-13-24-20-16(15)9-6-10-23-20)29-21(18)25-12-14-7-4-3-5-8-14/h6,9-11,13-14,25-26H,2-5,7-8,12H2,1H3. The zero-order valence-electron chi connectivity index (χ0n) is 16.5. The highest BCUT2D eigenvalue weighted by molar-refractivity contribution is 6.21. The molecule has 7 heteroatoms. The highest BCUT2D eigenvalue weighted by atomic mass is 16.5. The molecule has 2 aromatic rings. The smallest absolute Gasteiger partial charge is 0.347 e. The summed E-state index contributed by atoms with van der Waals surface area (Å²) >= 11 is 0. The predicted octanol–water partition coefficient (Wildman–Crippen LogP) is 4.81. The first-order valence-electron chi connectivity index (χ1n) is 10.1. The van der Waals surface area contributed by atoms with Gasteiger partial charge in [0.1, 0.15) is 0 Å². The molecular weight excluding hydrogens is 370 g/mol. The topological polar surface area (TPSA) is 97.0 Å². The molecule has 152 valence electrons. The summed E-state index contributed by atoms with van der Waals surface area (Å²) in [6.07, 6.45) is 11.1. The minimum atomic E-state index is -0.605. The maximum Gasteiger partial charge on any atom is 0.347 e. The summed E-state index contributed by atoms with van der Waals surface area (Å²) in [5, 5.41) is 13.9. The number of anilines is 1. The number of pyridine rings is 1. The lowest BCUT2D eigenvalue weighted by Crippen LogP contribution is -2.18. The Morgan fingerprint density at radius 2 is 2.21 bits per heavy atom. The van der Waals surface area contributed by atoms with Crippen molar-refractivity contribution >= 4 is 35.5 Å². The van der Waals surface area contributed by atoms with Crippen LogP contribution < -0.4 is 5.32 Å². The molecule has 1 fully saturated rings. The van der Waals surface area contributed by atoms with E-state index in [1.807, 2.05) is 12.1 Å². The molecule has 1 saturated carbocycles. The summed E-state index contributed by atoms with van der Waals surface area (Å²) in [6.45, 7) is 2.64. The number of nitrogens with one attached hydrogen (secondary N) is 1. The second-order valence-electron chi connectivity index (χ2n) is 7.36. The Balaban J connectivity index is 1.63. The van der Waals surface area contributed by atoms with Gasteiger partial charge in [-0.2, -0.15) is 0 Å². The number of esters is 1. The number of rotatable bonds is 6. The minimum Gasteiger partial charge on any atom is -0.504 e. The fraction of sp³-hybridized carbons (Fsp3) is 0.409. The number of aliphatic imine (C=N–C) groups is 1. The van der Waals surface area contributed by atoms with Crippen LogP contribution in [-0.2, 0) is 4.74 Å². The number of aromatic hydroxyl groups is 1. The number of hydrogen-bond donors (Lipinski definition) is 2. The van der Waals surface area contributed by atoms with Crippen LogP contribution >= 0.6 is 0 Å². The van der Waals surface area contributed by atoms with Crippen LogP contribution in [0.3, 0.4) is 0 Å². The van der Waals surface area contributed by atoms with E-state index in [0.717, 1.165) is 24.0 Å². The van der Waals surface area contributed by atoms with E-state index in [1.54, 1.807) is 25.4 Å². The Bertz CT molecular complexity index is 955. The summed E-state index contributed by atoms with van der Waals surface area (Å²) in [5.41, 5.74) is 1.64. The van der Waals surface area contributed by atoms with Gasteiger partial charge in [-0.25, -0.2) is 14.8 Å². The van der Waals surface area contributed by atoms with Gasteiger partial charge < -0.3 is 19.6 Å². The van der Waals surface area contributed by atoms with Crippen molar-refractivity contribution in [1.82, 2.24) is 4.98 Å². The van der Waals surface area contributed by atoms with Gasteiger partial charge >= 0.3 is 5.97 Å². The van der Waals surface area contributed by atoms with Crippen LogP contribution in [0.5, 0.6) is 5.75 Å². The summed E-state index contributed by atoms with van der Waals surface area (Å²) in [6, 6.07) is 3.72. The van der Waals surface area contributed by atoms with Gasteiger partial charge in [0.25, 0.3) is 0 Å². The van der Waals surface area contributed by atoms with Gasteiger partial charge in [-0.15, -0.1) is 0 Å². The Morgan fingerprint density at radius 3 is 3.00 bits per heavy atom. The first-order chi connectivity index (χ1) is 14.2. The normalized spacial score (nSPS) is 17.5. The van der Waals surface area contributed by atoms with E-state index in [2.05, 4.69) is 15.3 Å². The predicted molar refractivity (Wildman–Crippen MR) is 112 cm³/mol. The van der Waals surface area contributed by atoms with E-state index in [1.165, 1.54) is 19.3 Å². The van der Waals surface area contributed by atoms with Crippen molar-refractivity contribution in [2.75, 3.05) is 18.5 Å². The molecule has 29 heavy (non-hydrogen) atoms. The summed E-state index contributed by atoms with van der Waals surface area (Å²) in [4.78, 5) is 20.9. The van der Waals surface area contributed by atoms with Gasteiger partial charge in [-0.3, -0.25) is 0 Å². The van der Waals surface area contributed by atoms with Crippen LogP contribution in [0.1, 0.15) is 60.7 Å². The fourth-order valence-electron chi connectivity index (χ4n) is 3.86. The zero-order valence-corrected chi connectivity index (χ0v) is 16.5. The van der Waals surface area contributed by atoms with Crippen molar-refractivity contribution in [3.05, 3.63) is 35.2 Å². The quantitative estimate of drug-likeness (QED) is 0.682. The van der Waals surface area contributed by atoms with Crippen LogP contribution in [0, 0.1) is 5.92 Å². The molecule has 0 atom stereocenters. The van der Waals surface area contributed by atoms with Crippen LogP contribution in [0.15, 0.2) is 27.7 Å². The number of fused-ring (bicyclic) bond motifs is 1. The molecule has 0 spiro atoms. The molecule has 1 aliphatic carbocycles. The lowest BCUT2D eigenvalue weighted by atomic mass is 9.89. The second kappa shape index (κ2) is 8.51. The molecule has 0 amide bonds. The molecule has 0 bridgehead atoms. The first kappa shape index (κ1) is 19.2. The van der Waals surface area contributed by atoms with E-state index >= 15 is 0 Å². The van der Waals surface area contributed by atoms with E-state index in [9.17, 15) is 9.90 Å². The second-order valence-corrected chi connectivity index (χ2v) is 7.36. The summed E-state index contributed by atoms with van der Waals surface area (Å²) in [7, 11) is 0.